The molecule has 0 saturated heterocycles. The third-order valence-electron chi connectivity index (χ3n) is 2.44. The maximum atomic E-state index is 13.5. The Morgan fingerprint density at radius 3 is 2.89 bits per heavy atom. The van der Waals surface area contributed by atoms with E-state index in [4.69, 9.17) is 21.1 Å². The average Bonchev–Trinajstić information content (AvgIpc) is 2.80. The van der Waals surface area contributed by atoms with Gasteiger partial charge in [-0.1, -0.05) is 11.6 Å². The van der Waals surface area contributed by atoms with Crippen molar-refractivity contribution in [2.24, 2.45) is 0 Å². The molecule has 0 fully saturated rings. The number of anilines is 2. The van der Waals surface area contributed by atoms with Crippen molar-refractivity contribution in [2.75, 3.05) is 12.1 Å². The lowest BCUT2D eigenvalue weighted by Crippen LogP contribution is -1.96. The summed E-state index contributed by atoms with van der Waals surface area (Å²) >= 11 is 5.63. The van der Waals surface area contributed by atoms with Gasteiger partial charge in [-0.3, -0.25) is 0 Å². The molecule has 1 aromatic heterocycles. The first kappa shape index (κ1) is 11.1. The van der Waals surface area contributed by atoms with Crippen LogP contribution in [0.5, 0.6) is 11.5 Å². The van der Waals surface area contributed by atoms with Crippen molar-refractivity contribution in [3.8, 4) is 11.5 Å². The number of fused-ring (bicyclic) bond motifs is 1. The first-order valence-electron chi connectivity index (χ1n) is 5.20. The second kappa shape index (κ2) is 4.34. The summed E-state index contributed by atoms with van der Waals surface area (Å²) in [6.07, 6.45) is 1.37. The number of nitrogens with one attached hydrogen (secondary N) is 1. The van der Waals surface area contributed by atoms with Crippen LogP contribution in [0.1, 0.15) is 0 Å². The van der Waals surface area contributed by atoms with Gasteiger partial charge in [0.15, 0.2) is 23.1 Å². The zero-order valence-electron chi connectivity index (χ0n) is 9.11. The molecule has 0 radical (unpaired) electrons. The predicted molar refractivity (Wildman–Crippen MR) is 65.1 cm³/mol. The van der Waals surface area contributed by atoms with Gasteiger partial charge in [0.1, 0.15) is 0 Å². The smallest absolute Gasteiger partial charge is 0.231 e. The van der Waals surface area contributed by atoms with E-state index in [1.54, 1.807) is 18.2 Å². The van der Waals surface area contributed by atoms with Crippen LogP contribution in [-0.2, 0) is 0 Å². The van der Waals surface area contributed by atoms with Crippen LogP contribution in [0.3, 0.4) is 0 Å². The van der Waals surface area contributed by atoms with Gasteiger partial charge in [-0.2, -0.15) is 0 Å². The molecule has 4 nitrogen and oxygen atoms in total. The van der Waals surface area contributed by atoms with Crippen LogP contribution < -0.4 is 14.8 Å². The molecule has 0 unspecified atom stereocenters. The van der Waals surface area contributed by atoms with Crippen molar-refractivity contribution in [1.82, 2.24) is 4.98 Å². The summed E-state index contributed by atoms with van der Waals surface area (Å²) in [5.41, 5.74) is 0.660. The fourth-order valence-corrected chi connectivity index (χ4v) is 1.76. The quantitative estimate of drug-likeness (QED) is 0.905. The summed E-state index contributed by atoms with van der Waals surface area (Å²) in [4.78, 5) is 3.88. The van der Waals surface area contributed by atoms with Crippen LogP contribution in [0.15, 0.2) is 30.5 Å². The highest BCUT2D eigenvalue weighted by molar-refractivity contribution is 6.30. The zero-order valence-corrected chi connectivity index (χ0v) is 9.87. The molecular formula is C12H8ClFN2O2. The number of halogens is 2. The monoisotopic (exact) mass is 266 g/mol. The number of nitrogens with zero attached hydrogens (tertiary/aromatic N) is 1. The van der Waals surface area contributed by atoms with Crippen molar-refractivity contribution in [3.63, 3.8) is 0 Å². The van der Waals surface area contributed by atoms with Gasteiger partial charge in [-0.15, -0.1) is 0 Å². The molecule has 1 aromatic carbocycles. The van der Waals surface area contributed by atoms with E-state index in [9.17, 15) is 4.39 Å². The predicted octanol–water partition coefficient (Wildman–Crippen LogP) is 3.35. The van der Waals surface area contributed by atoms with E-state index in [1.165, 1.54) is 12.3 Å². The zero-order chi connectivity index (χ0) is 12.5. The van der Waals surface area contributed by atoms with E-state index in [-0.39, 0.29) is 17.6 Å². The highest BCUT2D eigenvalue weighted by Gasteiger charge is 2.14. The van der Waals surface area contributed by atoms with Crippen molar-refractivity contribution >= 4 is 23.1 Å². The van der Waals surface area contributed by atoms with Gasteiger partial charge in [0, 0.05) is 18.0 Å². The van der Waals surface area contributed by atoms with Gasteiger partial charge in [0.2, 0.25) is 6.79 Å². The molecule has 1 aliphatic heterocycles. The number of hydrogen-bond donors (Lipinski definition) is 1. The molecule has 3 rings (SSSR count). The van der Waals surface area contributed by atoms with Gasteiger partial charge in [-0.25, -0.2) is 9.37 Å². The highest BCUT2D eigenvalue weighted by atomic mass is 35.5. The van der Waals surface area contributed by atoms with Crippen LogP contribution >= 0.6 is 11.6 Å². The van der Waals surface area contributed by atoms with Gasteiger partial charge in [0.05, 0.1) is 5.02 Å². The maximum absolute atomic E-state index is 13.5. The SMILES string of the molecule is Fc1cc(Cl)cnc1Nc1ccc2c(c1)OCO2. The Hall–Kier alpha value is -2.01. The third-order valence-corrected chi connectivity index (χ3v) is 2.65. The Bertz CT molecular complexity index is 607. The maximum Gasteiger partial charge on any atom is 0.231 e. The van der Waals surface area contributed by atoms with Gasteiger partial charge >= 0.3 is 0 Å². The molecule has 0 bridgehead atoms. The number of aromatic nitrogens is 1. The van der Waals surface area contributed by atoms with Crippen LogP contribution in [0, 0.1) is 5.82 Å². The minimum absolute atomic E-state index is 0.110. The largest absolute Gasteiger partial charge is 0.454 e. The number of pyridine rings is 1. The van der Waals surface area contributed by atoms with Crippen LogP contribution in [0.4, 0.5) is 15.9 Å². The topological polar surface area (TPSA) is 43.4 Å². The standard InChI is InChI=1S/C12H8ClFN2O2/c13-7-3-9(14)12(15-5-7)16-8-1-2-10-11(4-8)18-6-17-10/h1-5H,6H2,(H,15,16). The lowest BCUT2D eigenvalue weighted by molar-refractivity contribution is 0.174. The fourth-order valence-electron chi connectivity index (χ4n) is 1.62. The average molecular weight is 267 g/mol. The van der Waals surface area contributed by atoms with Crippen molar-refractivity contribution in [2.45, 2.75) is 0 Å². The molecule has 2 heterocycles. The summed E-state index contributed by atoms with van der Waals surface area (Å²) in [6, 6.07) is 6.42. The van der Waals surface area contributed by atoms with Crippen LogP contribution in [0.2, 0.25) is 5.02 Å². The van der Waals surface area contributed by atoms with Crippen molar-refractivity contribution < 1.29 is 13.9 Å². The Kier molecular flexibility index (Phi) is 2.68. The van der Waals surface area contributed by atoms with Crippen molar-refractivity contribution in [3.05, 3.63) is 41.3 Å². The first-order valence-corrected chi connectivity index (χ1v) is 5.58. The molecule has 18 heavy (non-hydrogen) atoms. The summed E-state index contributed by atoms with van der Waals surface area (Å²) in [5.74, 6) is 0.887. The second-order valence-electron chi connectivity index (χ2n) is 3.68. The Balaban J connectivity index is 1.88. The lowest BCUT2D eigenvalue weighted by atomic mass is 10.2. The Morgan fingerprint density at radius 1 is 1.22 bits per heavy atom. The molecule has 0 saturated carbocycles. The van der Waals surface area contributed by atoms with E-state index in [0.29, 0.717) is 17.2 Å². The summed E-state index contributed by atoms with van der Waals surface area (Å²) in [6.45, 7) is 0.201. The molecule has 1 aliphatic rings. The van der Waals surface area contributed by atoms with E-state index in [0.717, 1.165) is 0 Å². The molecule has 0 atom stereocenters. The molecule has 2 aromatic rings. The van der Waals surface area contributed by atoms with Crippen LogP contribution in [-0.4, -0.2) is 11.8 Å². The number of ether oxygens (including phenoxy) is 2. The summed E-state index contributed by atoms with van der Waals surface area (Å²) in [7, 11) is 0. The molecule has 92 valence electrons. The highest BCUT2D eigenvalue weighted by Crippen LogP contribution is 2.35. The Morgan fingerprint density at radius 2 is 2.06 bits per heavy atom. The van der Waals surface area contributed by atoms with E-state index in [2.05, 4.69) is 10.3 Å². The number of hydrogen-bond acceptors (Lipinski definition) is 4. The van der Waals surface area contributed by atoms with Gasteiger partial charge in [0.25, 0.3) is 0 Å². The normalized spacial score (nSPS) is 12.6. The van der Waals surface area contributed by atoms with Crippen molar-refractivity contribution in [1.29, 1.82) is 0 Å². The summed E-state index contributed by atoms with van der Waals surface area (Å²) < 4.78 is 24.0. The van der Waals surface area contributed by atoms with E-state index in [1.807, 2.05) is 0 Å². The minimum atomic E-state index is -0.514. The first-order chi connectivity index (χ1) is 8.72. The fraction of sp³-hybridized carbons (Fsp3) is 0.0833. The van der Waals surface area contributed by atoms with Gasteiger partial charge < -0.3 is 14.8 Å². The van der Waals surface area contributed by atoms with Crippen LogP contribution in [0.25, 0.3) is 0 Å². The molecular weight excluding hydrogens is 259 g/mol. The number of rotatable bonds is 2. The van der Waals surface area contributed by atoms with Gasteiger partial charge in [-0.05, 0) is 18.2 Å². The van der Waals surface area contributed by atoms with E-state index >= 15 is 0 Å². The molecule has 0 amide bonds. The molecule has 0 aliphatic carbocycles. The lowest BCUT2D eigenvalue weighted by Gasteiger charge is -2.07. The second-order valence-corrected chi connectivity index (χ2v) is 4.11. The van der Waals surface area contributed by atoms with E-state index < -0.39 is 5.82 Å². The Labute approximate surface area is 107 Å². The minimum Gasteiger partial charge on any atom is -0.454 e. The third kappa shape index (κ3) is 2.04. The molecule has 0 spiro atoms. The molecule has 1 N–H and O–H groups in total. The number of benzene rings is 1. The summed E-state index contributed by atoms with van der Waals surface area (Å²) in [5, 5.41) is 3.10. The molecule has 6 heteroatoms.